The lowest BCUT2D eigenvalue weighted by Gasteiger charge is -2.05. The van der Waals surface area contributed by atoms with Gasteiger partial charge >= 0.3 is 0 Å². The molecule has 28 heavy (non-hydrogen) atoms. The fourth-order valence-corrected chi connectivity index (χ4v) is 3.26. The van der Waals surface area contributed by atoms with E-state index in [2.05, 4.69) is 29.2 Å². The van der Waals surface area contributed by atoms with Gasteiger partial charge in [-0.2, -0.15) is 5.10 Å². The Balaban J connectivity index is 1.59. The van der Waals surface area contributed by atoms with E-state index in [1.807, 2.05) is 63.9 Å². The van der Waals surface area contributed by atoms with E-state index in [1.54, 1.807) is 12.4 Å². The van der Waals surface area contributed by atoms with Crippen molar-refractivity contribution in [1.29, 1.82) is 0 Å². The Labute approximate surface area is 163 Å². The highest BCUT2D eigenvalue weighted by atomic mass is 16.1. The number of amides is 1. The minimum Gasteiger partial charge on any atom is -0.352 e. The number of carbonyl (C=O) groups excluding carboxylic acids is 1. The van der Waals surface area contributed by atoms with Crippen LogP contribution in [0.4, 0.5) is 0 Å². The van der Waals surface area contributed by atoms with Gasteiger partial charge in [0.2, 0.25) is 0 Å². The number of nitrogens with zero attached hydrogens (tertiary/aromatic N) is 4. The second-order valence-corrected chi connectivity index (χ2v) is 7.04. The number of hydrogen-bond donors (Lipinski definition) is 1. The average molecular weight is 373 g/mol. The Morgan fingerprint density at radius 2 is 1.93 bits per heavy atom. The van der Waals surface area contributed by atoms with Crippen molar-refractivity contribution in [1.82, 2.24) is 24.5 Å². The summed E-state index contributed by atoms with van der Waals surface area (Å²) in [5, 5.41) is 7.69. The summed E-state index contributed by atoms with van der Waals surface area (Å²) in [4.78, 5) is 16.9. The summed E-state index contributed by atoms with van der Waals surface area (Å²) in [6, 6.07) is 14.0. The van der Waals surface area contributed by atoms with E-state index in [4.69, 9.17) is 0 Å². The topological polar surface area (TPSA) is 64.2 Å². The lowest BCUT2D eigenvalue weighted by atomic mass is 10.2. The summed E-state index contributed by atoms with van der Waals surface area (Å²) in [5.41, 5.74) is 4.44. The lowest BCUT2D eigenvalue weighted by molar-refractivity contribution is 0.0956. The maximum absolute atomic E-state index is 12.8. The number of hydrogen-bond acceptors (Lipinski definition) is 3. The van der Waals surface area contributed by atoms with Gasteiger partial charge in [-0.1, -0.05) is 6.07 Å². The van der Waals surface area contributed by atoms with Crippen molar-refractivity contribution in [3.63, 3.8) is 0 Å². The monoisotopic (exact) mass is 373 g/mol. The molecule has 0 aliphatic rings. The highest BCUT2D eigenvalue weighted by molar-refractivity contribution is 6.02. The van der Waals surface area contributed by atoms with E-state index < -0.39 is 0 Å². The minimum atomic E-state index is -0.0766. The Morgan fingerprint density at radius 1 is 1.11 bits per heavy atom. The predicted molar refractivity (Wildman–Crippen MR) is 109 cm³/mol. The second-order valence-electron chi connectivity index (χ2n) is 7.04. The highest BCUT2D eigenvalue weighted by Gasteiger charge is 2.17. The molecular formula is C22H23N5O. The molecule has 0 saturated heterocycles. The maximum atomic E-state index is 12.8. The standard InChI is InChI=1S/C22H23N5O/c1-16(2)27-14-9-19(25-27)21-15-18(20-5-3-4-13-26(20)21)22(28)24-12-8-17-6-10-23-11-7-17/h3-7,9-11,13-16H,8,12H2,1-2H3,(H,24,28). The van der Waals surface area contributed by atoms with Crippen molar-refractivity contribution < 1.29 is 4.79 Å². The zero-order valence-electron chi connectivity index (χ0n) is 16.0. The molecule has 4 aromatic rings. The first-order valence-corrected chi connectivity index (χ1v) is 9.46. The summed E-state index contributed by atoms with van der Waals surface area (Å²) in [6.07, 6.45) is 8.23. The summed E-state index contributed by atoms with van der Waals surface area (Å²) in [5.74, 6) is -0.0766. The summed E-state index contributed by atoms with van der Waals surface area (Å²) in [6.45, 7) is 4.76. The molecule has 0 aliphatic heterocycles. The van der Waals surface area contributed by atoms with Gasteiger partial charge in [-0.3, -0.25) is 14.5 Å². The van der Waals surface area contributed by atoms with E-state index in [0.29, 0.717) is 12.1 Å². The van der Waals surface area contributed by atoms with Crippen molar-refractivity contribution in [2.24, 2.45) is 0 Å². The van der Waals surface area contributed by atoms with E-state index in [9.17, 15) is 4.79 Å². The van der Waals surface area contributed by atoms with Crippen LogP contribution in [0.3, 0.4) is 0 Å². The first kappa shape index (κ1) is 18.0. The molecule has 0 unspecified atom stereocenters. The smallest absolute Gasteiger partial charge is 0.253 e. The number of carbonyl (C=O) groups is 1. The quantitative estimate of drug-likeness (QED) is 0.560. The largest absolute Gasteiger partial charge is 0.352 e. The van der Waals surface area contributed by atoms with Crippen LogP contribution in [0.25, 0.3) is 16.9 Å². The molecule has 142 valence electrons. The third-order valence-electron chi connectivity index (χ3n) is 4.77. The van der Waals surface area contributed by atoms with Crippen LogP contribution in [0.1, 0.15) is 35.8 Å². The molecule has 4 aromatic heterocycles. The molecule has 0 atom stereocenters. The summed E-state index contributed by atoms with van der Waals surface area (Å²) in [7, 11) is 0. The van der Waals surface area contributed by atoms with Gasteiger partial charge in [0.15, 0.2) is 0 Å². The number of pyridine rings is 2. The Morgan fingerprint density at radius 3 is 2.68 bits per heavy atom. The van der Waals surface area contributed by atoms with Crippen LogP contribution in [-0.4, -0.2) is 31.6 Å². The van der Waals surface area contributed by atoms with E-state index >= 15 is 0 Å². The fourth-order valence-electron chi connectivity index (χ4n) is 3.26. The van der Waals surface area contributed by atoms with E-state index in [-0.39, 0.29) is 11.9 Å². The molecule has 0 bridgehead atoms. The zero-order chi connectivity index (χ0) is 19.5. The SMILES string of the molecule is CC(C)n1ccc(-c2cc(C(=O)NCCc3ccncc3)c3ccccn23)n1. The van der Waals surface area contributed by atoms with Crippen molar-refractivity contribution in [2.45, 2.75) is 26.3 Å². The molecule has 0 aromatic carbocycles. The van der Waals surface area contributed by atoms with Crippen molar-refractivity contribution >= 4 is 11.4 Å². The van der Waals surface area contributed by atoms with Crippen LogP contribution in [0.5, 0.6) is 0 Å². The lowest BCUT2D eigenvalue weighted by Crippen LogP contribution is -2.25. The molecule has 6 nitrogen and oxygen atoms in total. The van der Waals surface area contributed by atoms with Crippen molar-refractivity contribution in [3.05, 3.63) is 78.4 Å². The van der Waals surface area contributed by atoms with Gasteiger partial charge in [0.25, 0.3) is 5.91 Å². The normalized spacial score (nSPS) is 11.2. The third-order valence-corrected chi connectivity index (χ3v) is 4.77. The van der Waals surface area contributed by atoms with Gasteiger partial charge in [-0.15, -0.1) is 0 Å². The van der Waals surface area contributed by atoms with Crippen molar-refractivity contribution in [2.75, 3.05) is 6.54 Å². The van der Waals surface area contributed by atoms with Crippen LogP contribution < -0.4 is 5.32 Å². The van der Waals surface area contributed by atoms with Crippen LogP contribution >= 0.6 is 0 Å². The van der Waals surface area contributed by atoms with E-state index in [0.717, 1.165) is 28.9 Å². The van der Waals surface area contributed by atoms with Crippen LogP contribution in [0.15, 0.2) is 67.3 Å². The predicted octanol–water partition coefficient (Wildman–Crippen LogP) is 3.75. The zero-order valence-corrected chi connectivity index (χ0v) is 16.0. The molecule has 0 saturated carbocycles. The maximum Gasteiger partial charge on any atom is 0.253 e. The van der Waals surface area contributed by atoms with Gasteiger partial charge in [-0.05, 0) is 62.2 Å². The first-order chi connectivity index (χ1) is 13.6. The molecule has 0 radical (unpaired) electrons. The highest BCUT2D eigenvalue weighted by Crippen LogP contribution is 2.25. The molecule has 6 heteroatoms. The van der Waals surface area contributed by atoms with Crippen LogP contribution in [0.2, 0.25) is 0 Å². The minimum absolute atomic E-state index is 0.0766. The molecule has 1 amide bonds. The Kier molecular flexibility index (Phi) is 4.93. The van der Waals surface area contributed by atoms with Gasteiger partial charge in [0.05, 0.1) is 16.8 Å². The molecule has 4 heterocycles. The molecule has 0 aliphatic carbocycles. The van der Waals surface area contributed by atoms with Crippen molar-refractivity contribution in [3.8, 4) is 11.4 Å². The van der Waals surface area contributed by atoms with Crippen LogP contribution in [0, 0.1) is 0 Å². The first-order valence-electron chi connectivity index (χ1n) is 9.46. The number of aromatic nitrogens is 4. The second kappa shape index (κ2) is 7.68. The molecule has 4 rings (SSSR count). The van der Waals surface area contributed by atoms with Gasteiger partial charge in [0.1, 0.15) is 5.69 Å². The number of rotatable bonds is 6. The fraction of sp³-hybridized carbons (Fsp3) is 0.227. The molecule has 0 spiro atoms. The number of nitrogens with one attached hydrogen (secondary N) is 1. The Bertz CT molecular complexity index is 1090. The molecule has 1 N–H and O–H groups in total. The summed E-state index contributed by atoms with van der Waals surface area (Å²) < 4.78 is 3.94. The van der Waals surface area contributed by atoms with Gasteiger partial charge in [0, 0.05) is 37.4 Å². The molecular weight excluding hydrogens is 350 g/mol. The average Bonchev–Trinajstić information content (AvgIpc) is 3.34. The Hall–Kier alpha value is -3.41. The number of fused-ring (bicyclic) bond motifs is 1. The summed E-state index contributed by atoms with van der Waals surface area (Å²) >= 11 is 0. The third kappa shape index (κ3) is 3.53. The van der Waals surface area contributed by atoms with Gasteiger partial charge in [-0.25, -0.2) is 0 Å². The van der Waals surface area contributed by atoms with Gasteiger partial charge < -0.3 is 9.72 Å². The van der Waals surface area contributed by atoms with Crippen LogP contribution in [-0.2, 0) is 6.42 Å². The van der Waals surface area contributed by atoms with E-state index in [1.165, 1.54) is 0 Å². The molecule has 0 fully saturated rings.